The fourth-order valence-corrected chi connectivity index (χ4v) is 2.35. The van der Waals surface area contributed by atoms with E-state index in [2.05, 4.69) is 10.3 Å². The molecule has 1 saturated carbocycles. The van der Waals surface area contributed by atoms with Crippen LogP contribution in [0, 0.1) is 0 Å². The molecule has 2 amide bonds. The van der Waals surface area contributed by atoms with Crippen molar-refractivity contribution in [1.82, 2.24) is 15.2 Å². The number of amides is 2. The van der Waals surface area contributed by atoms with Crippen molar-refractivity contribution in [3.63, 3.8) is 0 Å². The summed E-state index contributed by atoms with van der Waals surface area (Å²) >= 11 is 0. The lowest BCUT2D eigenvalue weighted by Crippen LogP contribution is -2.47. The van der Waals surface area contributed by atoms with Crippen LogP contribution in [0.5, 0.6) is 0 Å². The van der Waals surface area contributed by atoms with Gasteiger partial charge >= 0.3 is 6.03 Å². The fraction of sp³-hybridized carbons (Fsp3) is 0.600. The van der Waals surface area contributed by atoms with Crippen molar-refractivity contribution in [3.8, 4) is 0 Å². The number of rotatable bonds is 6. The van der Waals surface area contributed by atoms with Crippen molar-refractivity contribution in [3.05, 3.63) is 30.1 Å². The van der Waals surface area contributed by atoms with Crippen molar-refractivity contribution in [2.24, 2.45) is 0 Å². The van der Waals surface area contributed by atoms with Crippen LogP contribution in [0.4, 0.5) is 4.79 Å². The number of hydrogen-bond acceptors (Lipinski definition) is 3. The highest BCUT2D eigenvalue weighted by atomic mass is 16.5. The van der Waals surface area contributed by atoms with E-state index in [0.29, 0.717) is 12.6 Å². The molecule has 20 heavy (non-hydrogen) atoms. The first-order chi connectivity index (χ1) is 9.63. The Kier molecular flexibility index (Phi) is 4.95. The van der Waals surface area contributed by atoms with Crippen LogP contribution in [-0.2, 0) is 4.74 Å². The smallest absolute Gasteiger partial charge is 0.318 e. The summed E-state index contributed by atoms with van der Waals surface area (Å²) < 4.78 is 5.06. The number of ether oxygens (including phenoxy) is 1. The van der Waals surface area contributed by atoms with E-state index in [1.54, 1.807) is 13.3 Å². The minimum Gasteiger partial charge on any atom is -0.383 e. The first kappa shape index (κ1) is 14.8. The summed E-state index contributed by atoms with van der Waals surface area (Å²) in [6.45, 7) is 4.49. The standard InChI is InChI=1S/C15H23N3O2/c1-11(10-20-3)17-15(19)18(13-7-8-13)12(2)14-6-4-5-9-16-14/h4-6,9,11-13H,7-8,10H2,1-3H3,(H,17,19)/t11-,12-/m0/s1. The van der Waals surface area contributed by atoms with Gasteiger partial charge in [-0.1, -0.05) is 6.07 Å². The van der Waals surface area contributed by atoms with E-state index in [0.717, 1.165) is 18.5 Å². The largest absolute Gasteiger partial charge is 0.383 e. The summed E-state index contributed by atoms with van der Waals surface area (Å²) in [4.78, 5) is 18.7. The third-order valence-electron chi connectivity index (χ3n) is 3.49. The summed E-state index contributed by atoms with van der Waals surface area (Å²) in [6.07, 6.45) is 3.91. The zero-order valence-corrected chi connectivity index (χ0v) is 12.4. The van der Waals surface area contributed by atoms with E-state index >= 15 is 0 Å². The summed E-state index contributed by atoms with van der Waals surface area (Å²) in [6, 6.07) is 6.10. The number of nitrogens with zero attached hydrogens (tertiary/aromatic N) is 2. The van der Waals surface area contributed by atoms with Gasteiger partial charge in [-0.3, -0.25) is 4.98 Å². The Labute approximate surface area is 120 Å². The minimum absolute atomic E-state index is 0.00434. The van der Waals surface area contributed by atoms with Crippen molar-refractivity contribution in [2.75, 3.05) is 13.7 Å². The number of methoxy groups -OCH3 is 1. The average molecular weight is 277 g/mol. The second-order valence-electron chi connectivity index (χ2n) is 5.37. The minimum atomic E-state index is -0.0322. The van der Waals surface area contributed by atoms with Gasteiger partial charge in [-0.2, -0.15) is 0 Å². The maximum absolute atomic E-state index is 12.5. The van der Waals surface area contributed by atoms with Gasteiger partial charge in [-0.05, 0) is 38.8 Å². The molecule has 0 aliphatic heterocycles. The van der Waals surface area contributed by atoms with E-state index in [1.807, 2.05) is 36.9 Å². The van der Waals surface area contributed by atoms with Gasteiger partial charge in [0, 0.05) is 19.3 Å². The second-order valence-corrected chi connectivity index (χ2v) is 5.37. The predicted molar refractivity (Wildman–Crippen MR) is 77.4 cm³/mol. The van der Waals surface area contributed by atoms with E-state index in [1.165, 1.54) is 0 Å². The molecular weight excluding hydrogens is 254 g/mol. The van der Waals surface area contributed by atoms with Crippen LogP contribution in [0.1, 0.15) is 38.4 Å². The number of aromatic nitrogens is 1. The van der Waals surface area contributed by atoms with Gasteiger partial charge in [-0.25, -0.2) is 4.79 Å². The third-order valence-corrected chi connectivity index (χ3v) is 3.49. The lowest BCUT2D eigenvalue weighted by molar-refractivity contribution is 0.148. The van der Waals surface area contributed by atoms with Gasteiger partial charge in [0.2, 0.25) is 0 Å². The highest BCUT2D eigenvalue weighted by Gasteiger charge is 2.37. The Bertz CT molecular complexity index is 434. The monoisotopic (exact) mass is 277 g/mol. The quantitative estimate of drug-likeness (QED) is 0.868. The number of nitrogens with one attached hydrogen (secondary N) is 1. The molecule has 1 aromatic rings. The van der Waals surface area contributed by atoms with Crippen LogP contribution in [0.2, 0.25) is 0 Å². The molecule has 1 aliphatic carbocycles. The Hall–Kier alpha value is -1.62. The third kappa shape index (κ3) is 3.70. The normalized spacial score (nSPS) is 17.4. The Morgan fingerprint density at radius 2 is 2.25 bits per heavy atom. The van der Waals surface area contributed by atoms with Crippen molar-refractivity contribution >= 4 is 6.03 Å². The molecule has 1 N–H and O–H groups in total. The molecule has 1 fully saturated rings. The summed E-state index contributed by atoms with van der Waals surface area (Å²) in [5.41, 5.74) is 0.925. The second kappa shape index (κ2) is 6.70. The Balaban J connectivity index is 2.05. The maximum Gasteiger partial charge on any atom is 0.318 e. The van der Waals surface area contributed by atoms with Crippen molar-refractivity contribution < 1.29 is 9.53 Å². The molecule has 1 heterocycles. The summed E-state index contributed by atoms with van der Waals surface area (Å²) in [7, 11) is 1.64. The zero-order chi connectivity index (χ0) is 14.5. The van der Waals surface area contributed by atoms with Crippen LogP contribution in [0.25, 0.3) is 0 Å². The SMILES string of the molecule is COC[C@H](C)NC(=O)N(C1CC1)[C@@H](C)c1ccccn1. The molecular formula is C15H23N3O2. The van der Waals surface area contributed by atoms with E-state index < -0.39 is 0 Å². The predicted octanol–water partition coefficient (Wildman–Crippen LogP) is 2.35. The highest BCUT2D eigenvalue weighted by Crippen LogP contribution is 2.33. The maximum atomic E-state index is 12.5. The van der Waals surface area contributed by atoms with Crippen LogP contribution in [0.3, 0.4) is 0 Å². The molecule has 0 unspecified atom stereocenters. The first-order valence-electron chi connectivity index (χ1n) is 7.12. The number of hydrogen-bond donors (Lipinski definition) is 1. The van der Waals surface area contributed by atoms with Gasteiger partial charge in [0.15, 0.2) is 0 Å². The van der Waals surface area contributed by atoms with Gasteiger partial charge in [0.25, 0.3) is 0 Å². The molecule has 2 atom stereocenters. The molecule has 5 heteroatoms. The highest BCUT2D eigenvalue weighted by molar-refractivity contribution is 5.75. The van der Waals surface area contributed by atoms with Crippen molar-refractivity contribution in [2.45, 2.75) is 44.8 Å². The van der Waals surface area contributed by atoms with E-state index in [9.17, 15) is 4.79 Å². The fourth-order valence-electron chi connectivity index (χ4n) is 2.35. The number of pyridine rings is 1. The van der Waals surface area contributed by atoms with E-state index in [4.69, 9.17) is 4.74 Å². The van der Waals surface area contributed by atoms with Crippen LogP contribution < -0.4 is 5.32 Å². The molecule has 1 aromatic heterocycles. The van der Waals surface area contributed by atoms with E-state index in [-0.39, 0.29) is 18.1 Å². The molecule has 110 valence electrons. The lowest BCUT2D eigenvalue weighted by atomic mass is 10.2. The molecule has 0 saturated heterocycles. The first-order valence-corrected chi connectivity index (χ1v) is 7.12. The Morgan fingerprint density at radius 1 is 1.50 bits per heavy atom. The number of carbonyl (C=O) groups excluding carboxylic acids is 1. The van der Waals surface area contributed by atoms with Gasteiger partial charge in [0.05, 0.1) is 24.4 Å². The van der Waals surface area contributed by atoms with Crippen molar-refractivity contribution in [1.29, 1.82) is 0 Å². The van der Waals surface area contributed by atoms with Gasteiger partial charge in [0.1, 0.15) is 0 Å². The molecule has 0 spiro atoms. The number of carbonyl (C=O) groups is 1. The average Bonchev–Trinajstić information content (AvgIpc) is 3.24. The topological polar surface area (TPSA) is 54.5 Å². The van der Waals surface area contributed by atoms with Crippen LogP contribution >= 0.6 is 0 Å². The zero-order valence-electron chi connectivity index (χ0n) is 12.4. The molecule has 1 aliphatic rings. The van der Waals surface area contributed by atoms with Crippen LogP contribution in [-0.4, -0.2) is 41.7 Å². The number of urea groups is 1. The summed E-state index contributed by atoms with van der Waals surface area (Å²) in [5.74, 6) is 0. The van der Waals surface area contributed by atoms with Crippen LogP contribution in [0.15, 0.2) is 24.4 Å². The van der Waals surface area contributed by atoms with Gasteiger partial charge in [-0.15, -0.1) is 0 Å². The Morgan fingerprint density at radius 3 is 2.80 bits per heavy atom. The lowest BCUT2D eigenvalue weighted by Gasteiger charge is -2.30. The van der Waals surface area contributed by atoms with Gasteiger partial charge < -0.3 is 15.0 Å². The molecule has 2 rings (SSSR count). The molecule has 0 radical (unpaired) electrons. The molecule has 0 aromatic carbocycles. The molecule has 0 bridgehead atoms. The summed E-state index contributed by atoms with van der Waals surface area (Å²) in [5, 5.41) is 2.99. The molecule has 5 nitrogen and oxygen atoms in total.